The fraction of sp³-hybridized carbons (Fsp3) is 0.467. The van der Waals surface area contributed by atoms with E-state index in [2.05, 4.69) is 51.3 Å². The number of rotatable bonds is 4. The molecule has 1 amide bonds. The van der Waals surface area contributed by atoms with Crippen LogP contribution >= 0.6 is 22.9 Å². The number of hydrogen-bond donors (Lipinski definition) is 0. The molecule has 2 aromatic carbocycles. The fourth-order valence-corrected chi connectivity index (χ4v) is 6.93. The molecule has 1 saturated heterocycles. The van der Waals surface area contributed by atoms with Crippen LogP contribution in [0.1, 0.15) is 81.0 Å². The zero-order chi connectivity index (χ0) is 25.7. The molecule has 3 aromatic rings. The predicted molar refractivity (Wildman–Crippen MR) is 147 cm³/mol. The molecule has 5 rings (SSSR count). The second kappa shape index (κ2) is 9.57. The van der Waals surface area contributed by atoms with E-state index in [9.17, 15) is 9.18 Å². The second-order valence-corrected chi connectivity index (χ2v) is 12.9. The molecule has 2 heterocycles. The third-order valence-corrected chi connectivity index (χ3v) is 9.62. The minimum atomic E-state index is -0.421. The Hall–Kier alpha value is -2.24. The molecule has 0 radical (unpaired) electrons. The maximum absolute atomic E-state index is 14.1. The van der Waals surface area contributed by atoms with E-state index >= 15 is 0 Å². The van der Waals surface area contributed by atoms with Crippen LogP contribution in [0.4, 0.5) is 4.39 Å². The van der Waals surface area contributed by atoms with Gasteiger partial charge in [0.1, 0.15) is 5.82 Å². The Morgan fingerprint density at radius 3 is 2.47 bits per heavy atom. The molecule has 1 fully saturated rings. The van der Waals surface area contributed by atoms with Crippen molar-refractivity contribution in [1.82, 2.24) is 9.88 Å². The lowest BCUT2D eigenvalue weighted by atomic mass is 9.63. The van der Waals surface area contributed by atoms with Gasteiger partial charge in [0.25, 0.3) is 0 Å². The minimum absolute atomic E-state index is 0.00303. The van der Waals surface area contributed by atoms with Crippen LogP contribution in [-0.4, -0.2) is 28.9 Å². The monoisotopic (exact) mass is 524 g/mol. The van der Waals surface area contributed by atoms with Crippen molar-refractivity contribution < 1.29 is 9.18 Å². The number of halogens is 2. The summed E-state index contributed by atoms with van der Waals surface area (Å²) < 4.78 is 14.1. The first-order chi connectivity index (χ1) is 17.0. The molecule has 6 heteroatoms. The number of aromatic nitrogens is 1. The van der Waals surface area contributed by atoms with Gasteiger partial charge in [-0.05, 0) is 65.8 Å². The van der Waals surface area contributed by atoms with Crippen LogP contribution in [0.2, 0.25) is 5.02 Å². The molecule has 0 bridgehead atoms. The van der Waals surface area contributed by atoms with E-state index in [0.717, 1.165) is 23.5 Å². The second-order valence-electron chi connectivity index (χ2n) is 11.6. The van der Waals surface area contributed by atoms with E-state index in [-0.39, 0.29) is 28.7 Å². The number of carbonyl (C=O) groups is 1. The number of hydrogen-bond acceptors (Lipinski definition) is 3. The van der Waals surface area contributed by atoms with E-state index in [1.54, 1.807) is 23.5 Å². The Bertz CT molecular complexity index is 1270. The first-order valence-electron chi connectivity index (χ1n) is 12.9. The summed E-state index contributed by atoms with van der Waals surface area (Å²) in [5.41, 5.74) is 5.82. The normalized spacial score (nSPS) is 19.2. The molecule has 190 valence electrons. The average Bonchev–Trinajstić information content (AvgIpc) is 3.35. The molecule has 2 aliphatic rings. The Morgan fingerprint density at radius 1 is 1.08 bits per heavy atom. The van der Waals surface area contributed by atoms with Crippen LogP contribution < -0.4 is 0 Å². The van der Waals surface area contributed by atoms with Gasteiger partial charge in [-0.25, -0.2) is 9.37 Å². The molecule has 1 aliphatic carbocycles. The number of amides is 1. The molecule has 0 unspecified atom stereocenters. The van der Waals surface area contributed by atoms with Gasteiger partial charge >= 0.3 is 0 Å². The highest BCUT2D eigenvalue weighted by molar-refractivity contribution is 7.10. The molecule has 1 aromatic heterocycles. The van der Waals surface area contributed by atoms with Gasteiger partial charge < -0.3 is 4.90 Å². The summed E-state index contributed by atoms with van der Waals surface area (Å²) >= 11 is 7.84. The van der Waals surface area contributed by atoms with Gasteiger partial charge in [-0.2, -0.15) is 0 Å². The zero-order valence-electron chi connectivity index (χ0n) is 21.5. The zero-order valence-corrected chi connectivity index (χ0v) is 23.1. The van der Waals surface area contributed by atoms with Gasteiger partial charge in [-0.15, -0.1) is 11.3 Å². The van der Waals surface area contributed by atoms with Crippen molar-refractivity contribution in [3.63, 3.8) is 0 Å². The molecule has 0 saturated carbocycles. The highest BCUT2D eigenvalue weighted by atomic mass is 35.5. The average molecular weight is 525 g/mol. The fourth-order valence-electron chi connectivity index (χ4n) is 5.70. The number of benzene rings is 2. The van der Waals surface area contributed by atoms with Gasteiger partial charge in [0, 0.05) is 40.5 Å². The van der Waals surface area contributed by atoms with Gasteiger partial charge in [0.15, 0.2) is 0 Å². The Labute approximate surface area is 222 Å². The summed E-state index contributed by atoms with van der Waals surface area (Å²) in [6.45, 7) is 10.7. The van der Waals surface area contributed by atoms with E-state index in [0.29, 0.717) is 24.0 Å². The van der Waals surface area contributed by atoms with Crippen LogP contribution in [0, 0.1) is 5.82 Å². The van der Waals surface area contributed by atoms with Gasteiger partial charge in [-0.3, -0.25) is 4.79 Å². The van der Waals surface area contributed by atoms with Crippen molar-refractivity contribution in [2.45, 2.75) is 76.5 Å². The summed E-state index contributed by atoms with van der Waals surface area (Å²) in [6.07, 6.45) is 4.15. The van der Waals surface area contributed by atoms with Crippen LogP contribution in [0.5, 0.6) is 0 Å². The summed E-state index contributed by atoms with van der Waals surface area (Å²) in [5.74, 6) is -0.145. The van der Waals surface area contributed by atoms with Gasteiger partial charge in [0.2, 0.25) is 5.91 Å². The first kappa shape index (κ1) is 25.4. The molecule has 0 spiro atoms. The smallest absolute Gasteiger partial charge is 0.227 e. The molecule has 0 atom stereocenters. The highest BCUT2D eigenvalue weighted by Crippen LogP contribution is 2.47. The maximum atomic E-state index is 14.1. The van der Waals surface area contributed by atoms with E-state index in [1.165, 1.54) is 35.6 Å². The number of nitrogens with zero attached hydrogens (tertiary/aromatic N) is 2. The first-order valence-corrected chi connectivity index (χ1v) is 14.1. The van der Waals surface area contributed by atoms with Crippen molar-refractivity contribution in [2.75, 3.05) is 13.1 Å². The standard InChI is InChI=1S/C30H34ClFN2OS/c1-29(2)12-13-30(3,4)23-16-20(8-9-22(23)29)26-18-36-28(33-26)19-10-14-34(15-11-19)27(35)17-21-24(31)6-5-7-25(21)32/h5-9,16,18-19H,10-15,17H2,1-4H3. The van der Waals surface area contributed by atoms with E-state index < -0.39 is 5.82 Å². The Kier molecular flexibility index (Phi) is 6.76. The van der Waals surface area contributed by atoms with Gasteiger partial charge in [0.05, 0.1) is 17.1 Å². The molecule has 1 aliphatic heterocycles. The lowest BCUT2D eigenvalue weighted by molar-refractivity contribution is -0.131. The summed E-state index contributed by atoms with van der Waals surface area (Å²) in [7, 11) is 0. The summed E-state index contributed by atoms with van der Waals surface area (Å²) in [4.78, 5) is 19.7. The summed E-state index contributed by atoms with van der Waals surface area (Å²) in [6, 6.07) is 11.5. The SMILES string of the molecule is CC1(C)CCC(C)(C)c2cc(-c3csc(C4CCN(C(=O)Cc5c(F)cccc5Cl)CC4)n3)ccc21. The van der Waals surface area contributed by atoms with Crippen molar-refractivity contribution in [3.8, 4) is 11.3 Å². The van der Waals surface area contributed by atoms with Crippen LogP contribution in [0.3, 0.4) is 0 Å². The third kappa shape index (κ3) is 4.84. The largest absolute Gasteiger partial charge is 0.342 e. The number of carbonyl (C=O) groups excluding carboxylic acids is 1. The topological polar surface area (TPSA) is 33.2 Å². The highest BCUT2D eigenvalue weighted by Gasteiger charge is 2.37. The Balaban J connectivity index is 1.27. The van der Waals surface area contributed by atoms with Crippen molar-refractivity contribution in [3.05, 3.63) is 74.3 Å². The van der Waals surface area contributed by atoms with Crippen LogP contribution in [0.15, 0.2) is 41.8 Å². The van der Waals surface area contributed by atoms with E-state index in [4.69, 9.17) is 16.6 Å². The number of thiazole rings is 1. The molecule has 36 heavy (non-hydrogen) atoms. The lowest BCUT2D eigenvalue weighted by Crippen LogP contribution is -2.39. The van der Waals surface area contributed by atoms with Crippen molar-refractivity contribution >= 4 is 28.8 Å². The molecular formula is C30H34ClFN2OS. The van der Waals surface area contributed by atoms with Crippen LogP contribution in [-0.2, 0) is 22.0 Å². The number of likely N-dealkylation sites (tertiary alicyclic amines) is 1. The predicted octanol–water partition coefficient (Wildman–Crippen LogP) is 7.90. The van der Waals surface area contributed by atoms with Gasteiger partial charge in [-0.1, -0.05) is 57.5 Å². The molecule has 3 nitrogen and oxygen atoms in total. The minimum Gasteiger partial charge on any atom is -0.342 e. The molecular weight excluding hydrogens is 491 g/mol. The number of piperidine rings is 1. The third-order valence-electron chi connectivity index (χ3n) is 8.26. The Morgan fingerprint density at radius 2 is 1.78 bits per heavy atom. The maximum Gasteiger partial charge on any atom is 0.227 e. The lowest BCUT2D eigenvalue weighted by Gasteiger charge is -2.42. The number of fused-ring (bicyclic) bond motifs is 1. The quantitative estimate of drug-likeness (QED) is 0.347. The summed E-state index contributed by atoms with van der Waals surface area (Å²) in [5, 5.41) is 3.63. The van der Waals surface area contributed by atoms with Crippen LogP contribution in [0.25, 0.3) is 11.3 Å². The van der Waals surface area contributed by atoms with Crippen molar-refractivity contribution in [1.29, 1.82) is 0 Å². The molecule has 0 N–H and O–H groups in total. The van der Waals surface area contributed by atoms with E-state index in [1.807, 2.05) is 4.90 Å². The van der Waals surface area contributed by atoms with Crippen molar-refractivity contribution in [2.24, 2.45) is 0 Å².